The Kier molecular flexibility index (Phi) is 5.35. The van der Waals surface area contributed by atoms with Crippen molar-refractivity contribution in [1.82, 2.24) is 4.90 Å². The highest BCUT2D eigenvalue weighted by Crippen LogP contribution is 2.22. The molecule has 2 N–H and O–H groups in total. The van der Waals surface area contributed by atoms with Crippen LogP contribution in [0.1, 0.15) is 18.4 Å². The van der Waals surface area contributed by atoms with Crippen LogP contribution >= 0.6 is 0 Å². The lowest BCUT2D eigenvalue weighted by molar-refractivity contribution is -0.145. The molecule has 1 heterocycles. The third-order valence-electron chi connectivity index (χ3n) is 3.45. The molecule has 1 aliphatic heterocycles. The molecule has 7 nitrogen and oxygen atoms in total. The maximum atomic E-state index is 11.5. The average Bonchev–Trinajstić information content (AvgIpc) is 2.54. The van der Waals surface area contributed by atoms with Crippen molar-refractivity contribution in [3.05, 3.63) is 29.8 Å². The SMILES string of the molecule is CON=Cc1ccccc1OC1CCN(C(=O)C(N)=O)CC1. The number of carbonyl (C=O) groups is 2. The quantitative estimate of drug-likeness (QED) is 0.498. The maximum Gasteiger partial charge on any atom is 0.311 e. The second kappa shape index (κ2) is 7.44. The maximum absolute atomic E-state index is 11.5. The van der Waals surface area contributed by atoms with E-state index in [1.54, 1.807) is 6.21 Å². The molecule has 1 aromatic rings. The van der Waals surface area contributed by atoms with E-state index in [9.17, 15) is 9.59 Å². The number of hydrogen-bond acceptors (Lipinski definition) is 5. The Morgan fingerprint density at radius 1 is 1.32 bits per heavy atom. The summed E-state index contributed by atoms with van der Waals surface area (Å²) in [6.07, 6.45) is 2.86. The van der Waals surface area contributed by atoms with Crippen molar-refractivity contribution >= 4 is 18.0 Å². The van der Waals surface area contributed by atoms with Gasteiger partial charge in [0.25, 0.3) is 0 Å². The number of benzene rings is 1. The van der Waals surface area contributed by atoms with E-state index in [1.807, 2.05) is 24.3 Å². The summed E-state index contributed by atoms with van der Waals surface area (Å²) in [5, 5.41) is 3.74. The fourth-order valence-corrected chi connectivity index (χ4v) is 2.32. The molecule has 22 heavy (non-hydrogen) atoms. The first-order valence-electron chi connectivity index (χ1n) is 7.02. The van der Waals surface area contributed by atoms with Gasteiger partial charge < -0.3 is 20.2 Å². The van der Waals surface area contributed by atoms with Gasteiger partial charge in [0.15, 0.2) is 0 Å². The molecule has 0 unspecified atom stereocenters. The van der Waals surface area contributed by atoms with Gasteiger partial charge in [-0.05, 0) is 12.1 Å². The number of nitrogens with two attached hydrogens (primary N) is 1. The fraction of sp³-hybridized carbons (Fsp3) is 0.400. The van der Waals surface area contributed by atoms with Crippen LogP contribution in [0.4, 0.5) is 0 Å². The lowest BCUT2D eigenvalue weighted by Crippen LogP contribution is -2.46. The van der Waals surface area contributed by atoms with Crippen molar-refractivity contribution in [3.8, 4) is 5.75 Å². The Balaban J connectivity index is 1.95. The molecule has 7 heteroatoms. The Hall–Kier alpha value is -2.57. The lowest BCUT2D eigenvalue weighted by atomic mass is 10.1. The van der Waals surface area contributed by atoms with Gasteiger partial charge in [0.2, 0.25) is 0 Å². The van der Waals surface area contributed by atoms with Crippen LogP contribution in [0.2, 0.25) is 0 Å². The second-order valence-electron chi connectivity index (χ2n) is 4.93. The molecule has 1 aliphatic rings. The van der Waals surface area contributed by atoms with Gasteiger partial charge in [0.05, 0.1) is 6.21 Å². The summed E-state index contributed by atoms with van der Waals surface area (Å²) in [6.45, 7) is 0.918. The molecular formula is C15H19N3O4. The predicted molar refractivity (Wildman–Crippen MR) is 80.5 cm³/mol. The summed E-state index contributed by atoms with van der Waals surface area (Å²) in [6, 6.07) is 7.50. The molecule has 1 aromatic carbocycles. The smallest absolute Gasteiger partial charge is 0.311 e. The van der Waals surface area contributed by atoms with E-state index in [1.165, 1.54) is 12.0 Å². The zero-order valence-electron chi connectivity index (χ0n) is 12.4. The highest BCUT2D eigenvalue weighted by Gasteiger charge is 2.26. The summed E-state index contributed by atoms with van der Waals surface area (Å²) in [4.78, 5) is 28.5. The average molecular weight is 305 g/mol. The number of piperidine rings is 1. The van der Waals surface area contributed by atoms with E-state index in [0.29, 0.717) is 31.7 Å². The molecular weight excluding hydrogens is 286 g/mol. The third kappa shape index (κ3) is 3.97. The summed E-state index contributed by atoms with van der Waals surface area (Å²) < 4.78 is 5.97. The molecule has 0 bridgehead atoms. The number of rotatable bonds is 4. The van der Waals surface area contributed by atoms with Gasteiger partial charge in [0.1, 0.15) is 19.0 Å². The molecule has 1 fully saturated rings. The Labute approximate surface area is 128 Å². The van der Waals surface area contributed by atoms with Gasteiger partial charge in [0, 0.05) is 31.5 Å². The monoisotopic (exact) mass is 305 g/mol. The summed E-state index contributed by atoms with van der Waals surface area (Å²) in [5.74, 6) is -0.838. The summed E-state index contributed by atoms with van der Waals surface area (Å²) in [7, 11) is 1.48. The number of para-hydroxylation sites is 1. The normalized spacial score (nSPS) is 15.8. The molecule has 0 atom stereocenters. The lowest BCUT2D eigenvalue weighted by Gasteiger charge is -2.31. The van der Waals surface area contributed by atoms with E-state index in [2.05, 4.69) is 9.99 Å². The number of likely N-dealkylation sites (tertiary alicyclic amines) is 1. The third-order valence-corrected chi connectivity index (χ3v) is 3.45. The van der Waals surface area contributed by atoms with Crippen molar-refractivity contribution in [2.75, 3.05) is 20.2 Å². The second-order valence-corrected chi connectivity index (χ2v) is 4.93. The van der Waals surface area contributed by atoms with Gasteiger partial charge in [-0.2, -0.15) is 0 Å². The van der Waals surface area contributed by atoms with Crippen LogP contribution in [-0.2, 0) is 14.4 Å². The Morgan fingerprint density at radius 3 is 2.64 bits per heavy atom. The molecule has 1 saturated heterocycles. The Bertz CT molecular complexity index is 566. The minimum absolute atomic E-state index is 0.0194. The number of hydrogen-bond donors (Lipinski definition) is 1. The molecule has 2 amide bonds. The highest BCUT2D eigenvalue weighted by molar-refractivity contribution is 6.34. The van der Waals surface area contributed by atoms with E-state index in [-0.39, 0.29) is 6.10 Å². The van der Waals surface area contributed by atoms with Crippen LogP contribution in [0.25, 0.3) is 0 Å². The van der Waals surface area contributed by atoms with E-state index in [0.717, 1.165) is 5.56 Å². The van der Waals surface area contributed by atoms with Gasteiger partial charge in [-0.1, -0.05) is 17.3 Å². The van der Waals surface area contributed by atoms with Crippen molar-refractivity contribution in [2.24, 2.45) is 10.9 Å². The van der Waals surface area contributed by atoms with Crippen LogP contribution in [0.5, 0.6) is 5.75 Å². The zero-order valence-corrected chi connectivity index (χ0v) is 12.4. The van der Waals surface area contributed by atoms with Gasteiger partial charge in [-0.15, -0.1) is 0 Å². The van der Waals surface area contributed by atoms with Crippen LogP contribution in [0.15, 0.2) is 29.4 Å². The highest BCUT2D eigenvalue weighted by atomic mass is 16.6. The molecule has 0 saturated carbocycles. The summed E-state index contributed by atoms with van der Waals surface area (Å²) in [5.41, 5.74) is 5.82. The van der Waals surface area contributed by atoms with Gasteiger partial charge in [-0.3, -0.25) is 9.59 Å². The summed E-state index contributed by atoms with van der Waals surface area (Å²) >= 11 is 0. The van der Waals surface area contributed by atoms with E-state index in [4.69, 9.17) is 10.5 Å². The molecule has 0 radical (unpaired) electrons. The first-order valence-corrected chi connectivity index (χ1v) is 7.02. The molecule has 0 spiro atoms. The molecule has 2 rings (SSSR count). The number of amides is 2. The largest absolute Gasteiger partial charge is 0.490 e. The predicted octanol–water partition coefficient (Wildman–Crippen LogP) is 0.522. The van der Waals surface area contributed by atoms with Crippen LogP contribution < -0.4 is 10.5 Å². The molecule has 0 aliphatic carbocycles. The first-order chi connectivity index (χ1) is 10.6. The van der Waals surface area contributed by atoms with Crippen LogP contribution in [0, 0.1) is 0 Å². The van der Waals surface area contributed by atoms with Crippen LogP contribution in [0.3, 0.4) is 0 Å². The number of primary amides is 1. The van der Waals surface area contributed by atoms with E-state index < -0.39 is 11.8 Å². The standard InChI is InChI=1S/C15H19N3O4/c1-21-17-10-11-4-2-3-5-13(11)22-12-6-8-18(9-7-12)15(20)14(16)19/h2-5,10,12H,6-9H2,1H3,(H2,16,19). The number of ether oxygens (including phenoxy) is 1. The van der Waals surface area contributed by atoms with Crippen molar-refractivity contribution < 1.29 is 19.2 Å². The number of carbonyl (C=O) groups excluding carboxylic acids is 2. The molecule has 118 valence electrons. The zero-order chi connectivity index (χ0) is 15.9. The Morgan fingerprint density at radius 2 is 2.00 bits per heavy atom. The van der Waals surface area contributed by atoms with Crippen LogP contribution in [-0.4, -0.2) is 49.2 Å². The fourth-order valence-electron chi connectivity index (χ4n) is 2.32. The molecule has 0 aromatic heterocycles. The van der Waals surface area contributed by atoms with Gasteiger partial charge in [-0.25, -0.2) is 0 Å². The minimum Gasteiger partial charge on any atom is -0.490 e. The van der Waals surface area contributed by atoms with Crippen molar-refractivity contribution in [2.45, 2.75) is 18.9 Å². The first kappa shape index (κ1) is 15.8. The van der Waals surface area contributed by atoms with E-state index >= 15 is 0 Å². The minimum atomic E-state index is -0.916. The number of nitrogens with zero attached hydrogens (tertiary/aromatic N) is 2. The van der Waals surface area contributed by atoms with Gasteiger partial charge >= 0.3 is 11.8 Å². The van der Waals surface area contributed by atoms with Crippen molar-refractivity contribution in [3.63, 3.8) is 0 Å². The van der Waals surface area contributed by atoms with Crippen molar-refractivity contribution in [1.29, 1.82) is 0 Å². The topological polar surface area (TPSA) is 94.2 Å². The number of oxime groups is 1.